The molecule has 0 unspecified atom stereocenters. The van der Waals surface area contributed by atoms with E-state index in [4.69, 9.17) is 4.74 Å². The van der Waals surface area contributed by atoms with Crippen LogP contribution in [0.1, 0.15) is 27.9 Å². The summed E-state index contributed by atoms with van der Waals surface area (Å²) in [6, 6.07) is 3.40. The summed E-state index contributed by atoms with van der Waals surface area (Å²) in [5, 5.41) is 0. The summed E-state index contributed by atoms with van der Waals surface area (Å²) in [7, 11) is 1.46. The number of carbonyl (C=O) groups is 1. The van der Waals surface area contributed by atoms with Crippen LogP contribution in [0.15, 0.2) is 12.1 Å². The Morgan fingerprint density at radius 2 is 1.90 bits per heavy atom. The Hall–Kier alpha value is -1.56. The van der Waals surface area contributed by atoms with Crippen molar-refractivity contribution in [2.45, 2.75) is 26.4 Å². The summed E-state index contributed by atoms with van der Waals surface area (Å²) in [5.41, 5.74) is 2.19. The summed E-state index contributed by atoms with van der Waals surface area (Å²) in [5.74, 6) is 0.165. The molecule has 1 aromatic rings. The molecule has 0 aliphatic rings. The molecule has 0 bridgehead atoms. The van der Waals surface area contributed by atoms with Crippen molar-refractivity contribution in [2.24, 2.45) is 0 Å². The third-order valence-electron chi connectivity index (χ3n) is 2.92. The van der Waals surface area contributed by atoms with Gasteiger partial charge in [-0.2, -0.15) is 13.2 Å². The van der Waals surface area contributed by atoms with E-state index < -0.39 is 12.8 Å². The highest BCUT2D eigenvalue weighted by Gasteiger charge is 2.27. The fourth-order valence-corrected chi connectivity index (χ4v) is 1.76. The second-order valence-electron chi connectivity index (χ2n) is 4.43. The predicted molar refractivity (Wildman–Crippen MR) is 68.3 cm³/mol. The number of methoxy groups -OCH3 is 1. The Balaban J connectivity index is 2.67. The van der Waals surface area contributed by atoms with Gasteiger partial charge in [0.15, 0.2) is 5.78 Å². The molecule has 0 aliphatic carbocycles. The van der Waals surface area contributed by atoms with Gasteiger partial charge in [0.05, 0.1) is 19.3 Å². The number of benzene rings is 1. The highest BCUT2D eigenvalue weighted by molar-refractivity contribution is 5.99. The van der Waals surface area contributed by atoms with E-state index in [9.17, 15) is 18.0 Å². The molecule has 0 heterocycles. The number of hydrogen-bond donors (Lipinski definition) is 0. The van der Waals surface area contributed by atoms with Crippen LogP contribution in [0, 0.1) is 13.8 Å². The highest BCUT2D eigenvalue weighted by Crippen LogP contribution is 2.27. The molecule has 1 rings (SSSR count). The first-order valence-corrected chi connectivity index (χ1v) is 6.08. The van der Waals surface area contributed by atoms with E-state index in [1.807, 2.05) is 13.8 Å². The zero-order valence-electron chi connectivity index (χ0n) is 11.6. The molecule has 0 radical (unpaired) electrons. The Morgan fingerprint density at radius 3 is 2.45 bits per heavy atom. The van der Waals surface area contributed by atoms with Crippen LogP contribution < -0.4 is 4.74 Å². The monoisotopic (exact) mass is 290 g/mol. The van der Waals surface area contributed by atoms with Crippen molar-refractivity contribution in [3.05, 3.63) is 28.8 Å². The van der Waals surface area contributed by atoms with Gasteiger partial charge >= 0.3 is 6.18 Å². The largest absolute Gasteiger partial charge is 0.496 e. The molecular formula is C14H17F3O3. The van der Waals surface area contributed by atoms with Crippen molar-refractivity contribution in [2.75, 3.05) is 20.3 Å². The van der Waals surface area contributed by atoms with Crippen LogP contribution in [0.25, 0.3) is 0 Å². The summed E-state index contributed by atoms with van der Waals surface area (Å²) in [6.45, 7) is 2.10. The molecule has 0 saturated carbocycles. The number of halogens is 3. The molecule has 0 atom stereocenters. The van der Waals surface area contributed by atoms with Crippen LogP contribution in [-0.4, -0.2) is 32.3 Å². The van der Waals surface area contributed by atoms with E-state index in [1.165, 1.54) is 7.11 Å². The number of hydrogen-bond acceptors (Lipinski definition) is 3. The first-order chi connectivity index (χ1) is 9.26. The van der Waals surface area contributed by atoms with Crippen molar-refractivity contribution >= 4 is 5.78 Å². The quantitative estimate of drug-likeness (QED) is 0.594. The molecule has 0 aliphatic heterocycles. The normalized spacial score (nSPS) is 11.5. The van der Waals surface area contributed by atoms with Crippen LogP contribution in [0.4, 0.5) is 13.2 Å². The van der Waals surface area contributed by atoms with E-state index in [1.54, 1.807) is 12.1 Å². The first-order valence-electron chi connectivity index (χ1n) is 6.08. The minimum absolute atomic E-state index is 0.116. The maximum atomic E-state index is 12.0. The van der Waals surface area contributed by atoms with Crippen molar-refractivity contribution in [3.63, 3.8) is 0 Å². The second-order valence-corrected chi connectivity index (χ2v) is 4.43. The van der Waals surface area contributed by atoms with Crippen LogP contribution >= 0.6 is 0 Å². The molecule has 1 aromatic carbocycles. The van der Waals surface area contributed by atoms with Crippen LogP contribution in [0.5, 0.6) is 5.75 Å². The van der Waals surface area contributed by atoms with Gasteiger partial charge in [-0.3, -0.25) is 4.79 Å². The highest BCUT2D eigenvalue weighted by atomic mass is 19.4. The average molecular weight is 290 g/mol. The molecule has 3 nitrogen and oxygen atoms in total. The van der Waals surface area contributed by atoms with Crippen molar-refractivity contribution in [3.8, 4) is 5.75 Å². The van der Waals surface area contributed by atoms with E-state index in [2.05, 4.69) is 4.74 Å². The van der Waals surface area contributed by atoms with Crippen molar-refractivity contribution < 1.29 is 27.4 Å². The lowest BCUT2D eigenvalue weighted by Crippen LogP contribution is -2.18. The Kier molecular flexibility index (Phi) is 5.56. The van der Waals surface area contributed by atoms with Gasteiger partial charge in [-0.1, -0.05) is 6.07 Å². The number of rotatable bonds is 6. The lowest BCUT2D eigenvalue weighted by molar-refractivity contribution is -0.173. The number of ether oxygens (including phenoxy) is 2. The molecule has 20 heavy (non-hydrogen) atoms. The fourth-order valence-electron chi connectivity index (χ4n) is 1.76. The summed E-state index contributed by atoms with van der Waals surface area (Å²) in [4.78, 5) is 12.0. The van der Waals surface area contributed by atoms with Gasteiger partial charge in [-0.05, 0) is 31.0 Å². The van der Waals surface area contributed by atoms with E-state index in [-0.39, 0.29) is 18.8 Å². The van der Waals surface area contributed by atoms with Crippen LogP contribution in [0.2, 0.25) is 0 Å². The maximum Gasteiger partial charge on any atom is 0.411 e. The number of aryl methyl sites for hydroxylation is 1. The van der Waals surface area contributed by atoms with Gasteiger partial charge < -0.3 is 9.47 Å². The SMILES string of the molecule is COc1c(C(=O)CCOCC(F)(F)F)ccc(C)c1C. The van der Waals surface area contributed by atoms with Gasteiger partial charge in [0.1, 0.15) is 12.4 Å². The zero-order chi connectivity index (χ0) is 15.3. The zero-order valence-corrected chi connectivity index (χ0v) is 11.6. The van der Waals surface area contributed by atoms with Crippen molar-refractivity contribution in [1.29, 1.82) is 0 Å². The molecule has 0 N–H and O–H groups in total. The Morgan fingerprint density at radius 1 is 1.25 bits per heavy atom. The topological polar surface area (TPSA) is 35.5 Å². The third kappa shape index (κ3) is 4.52. The minimum Gasteiger partial charge on any atom is -0.496 e. The number of Topliss-reactive ketones (excluding diaryl/α,β-unsaturated/α-hetero) is 1. The Labute approximate surface area is 115 Å². The molecule has 0 amide bonds. The standard InChI is InChI=1S/C14H17F3O3/c1-9-4-5-11(13(19-3)10(9)2)12(18)6-7-20-8-14(15,16)17/h4-5H,6-8H2,1-3H3. The molecule has 0 fully saturated rings. The molecule has 0 aromatic heterocycles. The van der Waals surface area contributed by atoms with Gasteiger partial charge in [0.2, 0.25) is 0 Å². The van der Waals surface area contributed by atoms with Gasteiger partial charge in [0.25, 0.3) is 0 Å². The first kappa shape index (κ1) is 16.5. The smallest absolute Gasteiger partial charge is 0.411 e. The van der Waals surface area contributed by atoms with E-state index in [0.717, 1.165) is 11.1 Å². The lowest BCUT2D eigenvalue weighted by atomic mass is 10.0. The number of carbonyl (C=O) groups excluding carboxylic acids is 1. The predicted octanol–water partition coefficient (Wildman–Crippen LogP) is 3.46. The van der Waals surface area contributed by atoms with Crippen molar-refractivity contribution in [1.82, 2.24) is 0 Å². The molecule has 0 saturated heterocycles. The van der Waals surface area contributed by atoms with Gasteiger partial charge in [-0.25, -0.2) is 0 Å². The van der Waals surface area contributed by atoms with E-state index in [0.29, 0.717) is 11.3 Å². The lowest BCUT2D eigenvalue weighted by Gasteiger charge is -2.13. The van der Waals surface area contributed by atoms with Gasteiger partial charge in [-0.15, -0.1) is 0 Å². The second kappa shape index (κ2) is 6.74. The van der Waals surface area contributed by atoms with E-state index >= 15 is 0 Å². The minimum atomic E-state index is -4.37. The Bertz CT molecular complexity index is 481. The van der Waals surface area contributed by atoms with Gasteiger partial charge in [0, 0.05) is 6.42 Å². The molecular weight excluding hydrogens is 273 g/mol. The number of ketones is 1. The third-order valence-corrected chi connectivity index (χ3v) is 2.92. The average Bonchev–Trinajstić information content (AvgIpc) is 2.36. The molecule has 112 valence electrons. The van der Waals surface area contributed by atoms with Crippen LogP contribution in [-0.2, 0) is 4.74 Å². The molecule has 0 spiro atoms. The summed E-state index contributed by atoms with van der Waals surface area (Å²) in [6.07, 6.45) is -4.49. The number of alkyl halides is 3. The van der Waals surface area contributed by atoms with Crippen LogP contribution in [0.3, 0.4) is 0 Å². The fraction of sp³-hybridized carbons (Fsp3) is 0.500. The summed E-state index contributed by atoms with van der Waals surface area (Å²) < 4.78 is 45.3. The maximum absolute atomic E-state index is 12.0. The molecule has 6 heteroatoms. The summed E-state index contributed by atoms with van der Waals surface area (Å²) >= 11 is 0.